The minimum Gasteiger partial charge on any atom is -0.302 e. The van der Waals surface area contributed by atoms with Crippen LogP contribution >= 0.6 is 0 Å². The molecule has 4 nitrogen and oxygen atoms in total. The lowest BCUT2D eigenvalue weighted by molar-refractivity contribution is -0.145. The molecule has 1 atom stereocenters. The summed E-state index contributed by atoms with van der Waals surface area (Å²) >= 11 is 0. The van der Waals surface area contributed by atoms with Gasteiger partial charge in [0, 0.05) is 36.6 Å². The molecule has 1 fully saturated rings. The van der Waals surface area contributed by atoms with E-state index in [1.54, 1.807) is 6.92 Å². The van der Waals surface area contributed by atoms with Crippen LogP contribution in [0, 0.1) is 6.92 Å². The third kappa shape index (κ3) is 4.39. The van der Waals surface area contributed by atoms with Crippen LogP contribution in [0.2, 0.25) is 0 Å². The number of alkyl halides is 3. The summed E-state index contributed by atoms with van der Waals surface area (Å²) in [7, 11) is 4.11. The van der Waals surface area contributed by atoms with Gasteiger partial charge in [0.25, 0.3) is 0 Å². The molecular weight excluding hydrogens is 293 g/mol. The van der Waals surface area contributed by atoms with Crippen LogP contribution in [0.3, 0.4) is 0 Å². The van der Waals surface area contributed by atoms with Crippen molar-refractivity contribution in [2.24, 2.45) is 0 Å². The number of likely N-dealkylation sites (N-methyl/N-ethyl adjacent to an activating group) is 2. The van der Waals surface area contributed by atoms with Crippen molar-refractivity contribution in [2.45, 2.75) is 44.9 Å². The van der Waals surface area contributed by atoms with Gasteiger partial charge in [0.15, 0.2) is 0 Å². The largest absolute Gasteiger partial charge is 0.451 e. The van der Waals surface area contributed by atoms with Gasteiger partial charge < -0.3 is 9.80 Å². The normalized spacial score (nSPS) is 20.6. The molecule has 1 aliphatic heterocycles. The molecule has 124 valence electrons. The van der Waals surface area contributed by atoms with E-state index in [9.17, 15) is 13.2 Å². The molecular formula is C15H23F3N4. The summed E-state index contributed by atoms with van der Waals surface area (Å²) in [5, 5.41) is 0. The minimum absolute atomic E-state index is 0.395. The highest BCUT2D eigenvalue weighted by Crippen LogP contribution is 2.26. The van der Waals surface area contributed by atoms with E-state index in [4.69, 9.17) is 0 Å². The van der Waals surface area contributed by atoms with E-state index in [1.807, 2.05) is 7.05 Å². The topological polar surface area (TPSA) is 32.3 Å². The number of nitrogens with zero attached hydrogens (tertiary/aromatic N) is 4. The highest BCUT2D eigenvalue weighted by molar-refractivity contribution is 5.16. The summed E-state index contributed by atoms with van der Waals surface area (Å²) in [5.41, 5.74) is 1.14. The molecule has 2 heterocycles. The first-order chi connectivity index (χ1) is 10.3. The molecule has 0 amide bonds. The number of halogens is 3. The second-order valence-electron chi connectivity index (χ2n) is 6.13. The van der Waals surface area contributed by atoms with E-state index in [0.29, 0.717) is 18.3 Å². The average molecular weight is 316 g/mol. The number of aromatic nitrogens is 2. The van der Waals surface area contributed by atoms with Crippen LogP contribution < -0.4 is 0 Å². The van der Waals surface area contributed by atoms with Crippen molar-refractivity contribution in [3.05, 3.63) is 23.3 Å². The SMILES string of the molecule is Cc1nc(C(F)(F)F)ncc1CN(C)C[C@H]1CCCCN1C. The van der Waals surface area contributed by atoms with E-state index in [2.05, 4.69) is 26.8 Å². The van der Waals surface area contributed by atoms with Gasteiger partial charge in [-0.3, -0.25) is 0 Å². The Bertz CT molecular complexity index is 504. The summed E-state index contributed by atoms with van der Waals surface area (Å²) in [6.07, 6.45) is 0.462. The highest BCUT2D eigenvalue weighted by atomic mass is 19.4. The molecule has 7 heteroatoms. The van der Waals surface area contributed by atoms with E-state index in [0.717, 1.165) is 18.7 Å². The smallest absolute Gasteiger partial charge is 0.302 e. The zero-order valence-electron chi connectivity index (χ0n) is 13.3. The van der Waals surface area contributed by atoms with Gasteiger partial charge in [-0.2, -0.15) is 13.2 Å². The number of likely N-dealkylation sites (tertiary alicyclic amines) is 1. The molecule has 0 spiro atoms. The lowest BCUT2D eigenvalue weighted by Crippen LogP contribution is -2.43. The van der Waals surface area contributed by atoms with E-state index < -0.39 is 12.0 Å². The standard InChI is InChI=1S/C15H23F3N4/c1-11-12(8-19-14(20-11)15(16,17)18)9-21(2)10-13-6-4-5-7-22(13)3/h8,13H,4-7,9-10H2,1-3H3/t13-/m1/s1. The van der Waals surface area contributed by atoms with Crippen LogP contribution in [0.25, 0.3) is 0 Å². The Morgan fingerprint density at radius 2 is 2.09 bits per heavy atom. The minimum atomic E-state index is -4.49. The van der Waals surface area contributed by atoms with Gasteiger partial charge >= 0.3 is 6.18 Å². The molecule has 0 N–H and O–H groups in total. The van der Waals surface area contributed by atoms with Crippen LogP contribution in [-0.2, 0) is 12.7 Å². The van der Waals surface area contributed by atoms with Crippen LogP contribution in [0.4, 0.5) is 13.2 Å². The zero-order valence-corrected chi connectivity index (χ0v) is 13.3. The lowest BCUT2D eigenvalue weighted by atomic mass is 10.0. The monoisotopic (exact) mass is 316 g/mol. The molecule has 0 unspecified atom stereocenters. The first-order valence-electron chi connectivity index (χ1n) is 7.56. The summed E-state index contributed by atoms with van der Waals surface area (Å²) in [5.74, 6) is -1.07. The maximum absolute atomic E-state index is 12.6. The Balaban J connectivity index is 1.98. The molecule has 1 aromatic rings. The average Bonchev–Trinajstić information content (AvgIpc) is 2.42. The second-order valence-corrected chi connectivity index (χ2v) is 6.13. The predicted octanol–water partition coefficient (Wildman–Crippen LogP) is 2.72. The first-order valence-corrected chi connectivity index (χ1v) is 7.56. The molecule has 0 bridgehead atoms. The molecule has 1 saturated heterocycles. The number of hydrogen-bond donors (Lipinski definition) is 0. The molecule has 0 aromatic carbocycles. The van der Waals surface area contributed by atoms with Crippen LogP contribution in [0.1, 0.15) is 36.3 Å². The summed E-state index contributed by atoms with van der Waals surface area (Å²) in [4.78, 5) is 11.5. The quantitative estimate of drug-likeness (QED) is 0.855. The Morgan fingerprint density at radius 3 is 2.68 bits per heavy atom. The van der Waals surface area contributed by atoms with Crippen molar-refractivity contribution >= 4 is 0 Å². The fourth-order valence-corrected chi connectivity index (χ4v) is 2.87. The van der Waals surface area contributed by atoms with Crippen molar-refractivity contribution in [1.82, 2.24) is 19.8 Å². The molecule has 1 aliphatic rings. The van der Waals surface area contributed by atoms with Gasteiger partial charge in [0.2, 0.25) is 5.82 Å². The van der Waals surface area contributed by atoms with Crippen LogP contribution in [0.5, 0.6) is 0 Å². The van der Waals surface area contributed by atoms with E-state index >= 15 is 0 Å². The van der Waals surface area contributed by atoms with Gasteiger partial charge in [-0.25, -0.2) is 9.97 Å². The fourth-order valence-electron chi connectivity index (χ4n) is 2.87. The first kappa shape index (κ1) is 17.1. The molecule has 1 aromatic heterocycles. The van der Waals surface area contributed by atoms with E-state index in [1.165, 1.54) is 25.5 Å². The Kier molecular flexibility index (Phi) is 5.39. The Hall–Kier alpha value is -1.21. The molecule has 2 rings (SSSR count). The molecule has 22 heavy (non-hydrogen) atoms. The lowest BCUT2D eigenvalue weighted by Gasteiger charge is -2.35. The predicted molar refractivity (Wildman–Crippen MR) is 78.4 cm³/mol. The van der Waals surface area contributed by atoms with Crippen molar-refractivity contribution in [2.75, 3.05) is 27.2 Å². The maximum Gasteiger partial charge on any atom is 0.451 e. The van der Waals surface area contributed by atoms with Gasteiger partial charge in [-0.05, 0) is 40.4 Å². The third-order valence-electron chi connectivity index (χ3n) is 4.22. The van der Waals surface area contributed by atoms with Gasteiger partial charge in [-0.1, -0.05) is 6.42 Å². The van der Waals surface area contributed by atoms with Crippen molar-refractivity contribution in [1.29, 1.82) is 0 Å². The van der Waals surface area contributed by atoms with Crippen LogP contribution in [0.15, 0.2) is 6.20 Å². The van der Waals surface area contributed by atoms with Crippen molar-refractivity contribution in [3.8, 4) is 0 Å². The highest BCUT2D eigenvalue weighted by Gasteiger charge is 2.34. The molecule has 0 radical (unpaired) electrons. The number of aryl methyl sites for hydroxylation is 1. The number of piperidine rings is 1. The van der Waals surface area contributed by atoms with Gasteiger partial charge in [-0.15, -0.1) is 0 Å². The fraction of sp³-hybridized carbons (Fsp3) is 0.733. The Labute approximate surface area is 129 Å². The number of rotatable bonds is 4. The van der Waals surface area contributed by atoms with E-state index in [-0.39, 0.29) is 0 Å². The molecule has 0 saturated carbocycles. The van der Waals surface area contributed by atoms with Crippen molar-refractivity contribution in [3.63, 3.8) is 0 Å². The maximum atomic E-state index is 12.6. The van der Waals surface area contributed by atoms with Gasteiger partial charge in [0.05, 0.1) is 0 Å². The zero-order chi connectivity index (χ0) is 16.3. The summed E-state index contributed by atoms with van der Waals surface area (Å²) < 4.78 is 37.7. The number of hydrogen-bond acceptors (Lipinski definition) is 4. The Morgan fingerprint density at radius 1 is 1.36 bits per heavy atom. The summed E-state index contributed by atoms with van der Waals surface area (Å²) in [6, 6.07) is 0.509. The van der Waals surface area contributed by atoms with Crippen LogP contribution in [-0.4, -0.2) is 53.0 Å². The third-order valence-corrected chi connectivity index (χ3v) is 4.22. The second kappa shape index (κ2) is 6.91. The van der Waals surface area contributed by atoms with Crippen molar-refractivity contribution < 1.29 is 13.2 Å². The molecule has 0 aliphatic carbocycles. The summed E-state index contributed by atoms with van der Waals surface area (Å²) in [6.45, 7) is 4.18. The van der Waals surface area contributed by atoms with Gasteiger partial charge in [0.1, 0.15) is 0 Å².